The van der Waals surface area contributed by atoms with Crippen LogP contribution in [0.2, 0.25) is 5.02 Å². The van der Waals surface area contributed by atoms with Crippen LogP contribution in [0.5, 0.6) is 0 Å². The molecule has 12 nitrogen and oxygen atoms in total. The third kappa shape index (κ3) is 11.0. The molecule has 2 unspecified atom stereocenters. The maximum absolute atomic E-state index is 13.5. The van der Waals surface area contributed by atoms with Crippen LogP contribution >= 0.6 is 23.4 Å². The quantitative estimate of drug-likeness (QED) is 0.0774. The number of rotatable bonds is 10. The van der Waals surface area contributed by atoms with Crippen molar-refractivity contribution in [2.45, 2.75) is 94.7 Å². The third-order valence-corrected chi connectivity index (χ3v) is 13.0. The molecule has 1 saturated heterocycles. The number of halogens is 4. The molecule has 17 heteroatoms. The van der Waals surface area contributed by atoms with Gasteiger partial charge < -0.3 is 10.6 Å². The van der Waals surface area contributed by atoms with Gasteiger partial charge in [-0.05, 0) is 136 Å². The van der Waals surface area contributed by atoms with Crippen molar-refractivity contribution in [1.82, 2.24) is 29.7 Å². The summed E-state index contributed by atoms with van der Waals surface area (Å²) in [5.74, 6) is 0.0783. The van der Waals surface area contributed by atoms with E-state index in [-0.39, 0.29) is 63.6 Å². The van der Waals surface area contributed by atoms with Gasteiger partial charge in [-0.3, -0.25) is 37.9 Å². The van der Waals surface area contributed by atoms with E-state index in [0.29, 0.717) is 82.0 Å². The zero-order valence-electron chi connectivity index (χ0n) is 36.9. The minimum Gasteiger partial charge on any atom is -0.348 e. The Morgan fingerprint density at radius 2 is 1.39 bits per heavy atom. The number of amides is 2. The minimum atomic E-state index is -4.41. The summed E-state index contributed by atoms with van der Waals surface area (Å²) in [6, 6.07) is 19.6. The Bertz CT molecular complexity index is 3130. The molecule has 6 aromatic rings. The fourth-order valence-electron chi connectivity index (χ4n) is 8.47. The van der Waals surface area contributed by atoms with Gasteiger partial charge in [0.2, 0.25) is 5.91 Å². The Balaban J connectivity index is 0.000000200. The third-order valence-electron chi connectivity index (χ3n) is 11.8. The number of carbonyl (C=O) groups excluding carboxylic acids is 4. The number of nitrogens with zero attached hydrogens (tertiary/aromatic N) is 4. The number of allylic oxidation sites excluding steroid dienone is 2. The van der Waals surface area contributed by atoms with Gasteiger partial charge in [0.15, 0.2) is 11.6 Å². The summed E-state index contributed by atoms with van der Waals surface area (Å²) in [4.78, 5) is 86.6. The predicted molar refractivity (Wildman–Crippen MR) is 252 cm³/mol. The highest BCUT2D eigenvalue weighted by atomic mass is 35.5. The van der Waals surface area contributed by atoms with Crippen LogP contribution in [0.15, 0.2) is 118 Å². The predicted octanol–water partition coefficient (Wildman–Crippen LogP) is 9.54. The first-order valence-corrected chi connectivity index (χ1v) is 22.6. The highest BCUT2D eigenvalue weighted by Gasteiger charge is 2.31. The van der Waals surface area contributed by atoms with E-state index in [2.05, 4.69) is 33.8 Å². The lowest BCUT2D eigenvalue weighted by Crippen LogP contribution is -2.41. The maximum Gasteiger partial charge on any atom is 0.446 e. The van der Waals surface area contributed by atoms with Crippen LogP contribution in [0, 0.1) is 20.8 Å². The van der Waals surface area contributed by atoms with Crippen LogP contribution in [0.25, 0.3) is 21.8 Å². The molecule has 3 heterocycles. The molecule has 2 amide bonds. The monoisotopic (exact) mass is 950 g/mol. The number of hydrogen-bond donors (Lipinski definition) is 2. The van der Waals surface area contributed by atoms with Crippen molar-refractivity contribution in [2.75, 3.05) is 0 Å². The molecule has 2 aromatic heterocycles. The van der Waals surface area contributed by atoms with E-state index in [0.717, 1.165) is 23.1 Å². The molecular weight excluding hydrogens is 905 g/mol. The van der Waals surface area contributed by atoms with Crippen LogP contribution in [0.3, 0.4) is 0 Å². The Morgan fingerprint density at radius 1 is 0.806 bits per heavy atom. The topological polar surface area (TPSA) is 162 Å². The fourth-order valence-corrected chi connectivity index (χ4v) is 9.12. The van der Waals surface area contributed by atoms with Crippen molar-refractivity contribution >= 4 is 68.5 Å². The number of piperidine rings is 1. The largest absolute Gasteiger partial charge is 0.446 e. The fraction of sp³-hybridized carbons (Fsp3) is 0.280. The van der Waals surface area contributed by atoms with Crippen molar-refractivity contribution in [3.05, 3.63) is 168 Å². The first-order valence-electron chi connectivity index (χ1n) is 21.4. The van der Waals surface area contributed by atoms with E-state index >= 15 is 0 Å². The van der Waals surface area contributed by atoms with Crippen molar-refractivity contribution < 1.29 is 32.3 Å². The molecule has 67 heavy (non-hydrogen) atoms. The van der Waals surface area contributed by atoms with Gasteiger partial charge in [0.1, 0.15) is 17.7 Å². The lowest BCUT2D eigenvalue weighted by molar-refractivity contribution is -0.125. The molecule has 346 valence electrons. The van der Waals surface area contributed by atoms with Crippen LogP contribution in [-0.2, 0) is 22.6 Å². The number of carbonyl (C=O) groups is 4. The number of fused-ring (bicyclic) bond motifs is 2. The minimum absolute atomic E-state index is 0.00151. The Kier molecular flexibility index (Phi) is 14.5. The summed E-state index contributed by atoms with van der Waals surface area (Å²) < 4.78 is 40.4. The van der Waals surface area contributed by atoms with Crippen molar-refractivity contribution in [3.8, 4) is 0 Å². The summed E-state index contributed by atoms with van der Waals surface area (Å²) >= 11 is 5.81. The summed E-state index contributed by atoms with van der Waals surface area (Å²) in [6.45, 7) is 12.9. The molecule has 4 aromatic carbocycles. The van der Waals surface area contributed by atoms with Crippen LogP contribution in [0.1, 0.15) is 99.7 Å². The molecule has 0 bridgehead atoms. The Morgan fingerprint density at radius 3 is 1.99 bits per heavy atom. The number of hydrogen-bond acceptors (Lipinski definition) is 9. The van der Waals surface area contributed by atoms with Crippen molar-refractivity contribution in [2.24, 2.45) is 0 Å². The number of Topliss-reactive ketones (excluding diaryl/α,β-unsaturated/α-hetero) is 2. The normalized spacial score (nSPS) is 16.4. The first kappa shape index (κ1) is 48.3. The van der Waals surface area contributed by atoms with Crippen LogP contribution in [0.4, 0.5) is 13.2 Å². The van der Waals surface area contributed by atoms with Gasteiger partial charge in [0.25, 0.3) is 17.0 Å². The molecule has 1 aliphatic carbocycles. The van der Waals surface area contributed by atoms with Gasteiger partial charge in [-0.1, -0.05) is 54.6 Å². The summed E-state index contributed by atoms with van der Waals surface area (Å²) in [5, 5.41) is 6.76. The SMILES string of the molecule is C=C1CCC(n2c(C)nc3cccc(CCC(=O)c4ccc(Cl)c(C)c4)c3c2=O)C(=O)C1.C=C1CCC(n2c(C)nc3cccc(CNC(=O)c4ccc(SC(F)(F)F)cc4)c3c2=O)C(=O)N1. The molecule has 1 saturated carbocycles. The number of aromatic nitrogens is 4. The van der Waals surface area contributed by atoms with E-state index in [1.807, 2.05) is 19.1 Å². The van der Waals surface area contributed by atoms with E-state index in [1.165, 1.54) is 33.4 Å². The summed E-state index contributed by atoms with van der Waals surface area (Å²) in [6.07, 6.45) is 3.20. The Hall–Kier alpha value is -6.65. The number of alkyl halides is 3. The van der Waals surface area contributed by atoms with Gasteiger partial charge in [-0.25, -0.2) is 9.97 Å². The van der Waals surface area contributed by atoms with Gasteiger partial charge in [-0.2, -0.15) is 13.2 Å². The second-order valence-corrected chi connectivity index (χ2v) is 18.1. The molecule has 2 atom stereocenters. The van der Waals surface area contributed by atoms with Gasteiger partial charge in [0.05, 0.1) is 27.8 Å². The van der Waals surface area contributed by atoms with Gasteiger partial charge >= 0.3 is 5.51 Å². The standard InChI is InChI=1S/C26H25ClN2O3.C24H21F3N4O3S/c1-15-7-11-22(24(31)13-15)29-17(3)28-21-6-4-5-18(25(21)26(29)32)9-12-23(30)19-8-10-20(27)16(2)14-19;1-13-6-11-19(22(33)29-13)31-14(2)30-18-5-3-4-16(20(18)23(31)34)12-28-21(32)15-7-9-17(10-8-15)35-24(25,26)27/h4-6,8,10,14,22H,1,7,9,11-13H2,2-3H3;3-5,7-10,19H,1,6,11-12H2,2H3,(H,28,32)(H,29,33). The highest BCUT2D eigenvalue weighted by molar-refractivity contribution is 8.00. The second kappa shape index (κ2) is 20.1. The lowest BCUT2D eigenvalue weighted by Gasteiger charge is -2.26. The highest BCUT2D eigenvalue weighted by Crippen LogP contribution is 2.37. The average Bonchev–Trinajstić information content (AvgIpc) is 3.26. The zero-order chi connectivity index (χ0) is 48.3. The number of thioether (sulfide) groups is 1. The summed E-state index contributed by atoms with van der Waals surface area (Å²) in [7, 11) is 0. The van der Waals surface area contributed by atoms with Crippen LogP contribution < -0.4 is 21.8 Å². The zero-order valence-corrected chi connectivity index (χ0v) is 38.5. The molecule has 8 rings (SSSR count). The lowest BCUT2D eigenvalue weighted by atomic mass is 9.90. The van der Waals surface area contributed by atoms with E-state index in [4.69, 9.17) is 11.6 Å². The first-order chi connectivity index (χ1) is 31.8. The van der Waals surface area contributed by atoms with Crippen LogP contribution in [-0.4, -0.2) is 48.0 Å². The van der Waals surface area contributed by atoms with E-state index < -0.39 is 29.1 Å². The number of nitrogens with one attached hydrogen (secondary N) is 2. The van der Waals surface area contributed by atoms with Crippen molar-refractivity contribution in [3.63, 3.8) is 0 Å². The van der Waals surface area contributed by atoms with Gasteiger partial charge in [-0.15, -0.1) is 0 Å². The smallest absolute Gasteiger partial charge is 0.348 e. The summed E-state index contributed by atoms with van der Waals surface area (Å²) in [5.41, 5.74) is 0.410. The van der Waals surface area contributed by atoms with Crippen molar-refractivity contribution in [1.29, 1.82) is 0 Å². The number of aryl methyl sites for hydroxylation is 4. The molecule has 0 spiro atoms. The second-order valence-electron chi connectivity index (χ2n) is 16.5. The molecular formula is C50H46ClF3N6O6S. The number of ketones is 2. The molecule has 2 fully saturated rings. The van der Waals surface area contributed by atoms with E-state index in [9.17, 15) is 41.9 Å². The van der Waals surface area contributed by atoms with Gasteiger partial charge in [0, 0.05) is 46.1 Å². The molecule has 1 aliphatic heterocycles. The molecule has 2 aliphatic rings. The van der Waals surface area contributed by atoms with E-state index in [1.54, 1.807) is 56.3 Å². The molecule has 2 N–H and O–H groups in total. The average molecular weight is 951 g/mol. The maximum atomic E-state index is 13.5. The Labute approximate surface area is 392 Å². The molecule has 0 radical (unpaired) electrons. The number of benzene rings is 4.